The van der Waals surface area contributed by atoms with Crippen LogP contribution in [0.4, 0.5) is 5.69 Å². The molecule has 0 amide bonds. The van der Waals surface area contributed by atoms with Gasteiger partial charge in [-0.2, -0.15) is 0 Å². The molecule has 19 heavy (non-hydrogen) atoms. The highest BCUT2D eigenvalue weighted by Crippen LogP contribution is 2.26. The van der Waals surface area contributed by atoms with Crippen LogP contribution < -0.4 is 15.2 Å². The van der Waals surface area contributed by atoms with E-state index >= 15 is 0 Å². The molecule has 6 heteroatoms. The standard InChI is InChI=1S/C13H13N3O2S/c1-17-12-3-2-10(6-11(12)14)18-8-9-7-16-4-5-19-13(16)15-9/h2-7H,8,14H2,1H3. The Hall–Kier alpha value is -2.21. The highest BCUT2D eigenvalue weighted by atomic mass is 32.1. The van der Waals surface area contributed by atoms with E-state index in [1.807, 2.05) is 28.2 Å². The Balaban J connectivity index is 1.71. The van der Waals surface area contributed by atoms with Gasteiger partial charge in [-0.05, 0) is 12.1 Å². The Morgan fingerprint density at radius 3 is 3.05 bits per heavy atom. The summed E-state index contributed by atoms with van der Waals surface area (Å²) >= 11 is 1.60. The number of aromatic nitrogens is 2. The van der Waals surface area contributed by atoms with Gasteiger partial charge < -0.3 is 15.2 Å². The number of benzene rings is 1. The maximum absolute atomic E-state index is 5.82. The van der Waals surface area contributed by atoms with E-state index in [9.17, 15) is 0 Å². The van der Waals surface area contributed by atoms with E-state index in [0.29, 0.717) is 23.8 Å². The third-order valence-corrected chi connectivity index (χ3v) is 3.50. The number of hydrogen-bond acceptors (Lipinski definition) is 5. The summed E-state index contributed by atoms with van der Waals surface area (Å²) in [7, 11) is 1.59. The predicted molar refractivity (Wildman–Crippen MR) is 74.8 cm³/mol. The summed E-state index contributed by atoms with van der Waals surface area (Å²) in [6, 6.07) is 5.36. The fourth-order valence-electron chi connectivity index (χ4n) is 1.81. The predicted octanol–water partition coefficient (Wildman–Crippen LogP) is 2.57. The zero-order valence-electron chi connectivity index (χ0n) is 10.4. The zero-order valence-corrected chi connectivity index (χ0v) is 11.2. The molecule has 0 saturated carbocycles. The molecule has 0 saturated heterocycles. The van der Waals surface area contributed by atoms with Crippen molar-refractivity contribution in [2.45, 2.75) is 6.61 Å². The number of rotatable bonds is 4. The summed E-state index contributed by atoms with van der Waals surface area (Å²) in [5.41, 5.74) is 7.27. The Labute approximate surface area is 114 Å². The lowest BCUT2D eigenvalue weighted by Crippen LogP contribution is -1.97. The molecule has 0 bridgehead atoms. The monoisotopic (exact) mass is 275 g/mol. The quantitative estimate of drug-likeness (QED) is 0.743. The third kappa shape index (κ3) is 2.34. The molecule has 0 aliphatic rings. The van der Waals surface area contributed by atoms with Crippen molar-refractivity contribution in [1.29, 1.82) is 0 Å². The molecule has 2 aromatic heterocycles. The van der Waals surface area contributed by atoms with E-state index in [1.165, 1.54) is 0 Å². The lowest BCUT2D eigenvalue weighted by molar-refractivity contribution is 0.301. The number of hydrogen-bond donors (Lipinski definition) is 1. The molecular weight excluding hydrogens is 262 g/mol. The first-order valence-electron chi connectivity index (χ1n) is 5.73. The van der Waals surface area contributed by atoms with Crippen LogP contribution in [0.25, 0.3) is 4.96 Å². The van der Waals surface area contributed by atoms with Gasteiger partial charge in [0.25, 0.3) is 0 Å². The van der Waals surface area contributed by atoms with Crippen molar-refractivity contribution in [2.75, 3.05) is 12.8 Å². The summed E-state index contributed by atoms with van der Waals surface area (Å²) in [6.07, 6.45) is 3.93. The Kier molecular flexibility index (Phi) is 3.00. The molecule has 0 unspecified atom stereocenters. The van der Waals surface area contributed by atoms with Gasteiger partial charge in [0.05, 0.1) is 18.5 Å². The Bertz CT molecular complexity index is 676. The van der Waals surface area contributed by atoms with Crippen LogP contribution in [-0.2, 0) is 6.61 Å². The van der Waals surface area contributed by atoms with Crippen molar-refractivity contribution >= 4 is 22.0 Å². The maximum Gasteiger partial charge on any atom is 0.193 e. The van der Waals surface area contributed by atoms with Crippen LogP contribution in [0.15, 0.2) is 36.0 Å². The maximum atomic E-state index is 5.82. The van der Waals surface area contributed by atoms with Crippen LogP contribution >= 0.6 is 11.3 Å². The normalized spacial score (nSPS) is 10.8. The summed E-state index contributed by atoms with van der Waals surface area (Å²) in [5.74, 6) is 1.35. The number of nitrogens with two attached hydrogens (primary N) is 1. The summed E-state index contributed by atoms with van der Waals surface area (Å²) in [5, 5.41) is 2.00. The molecule has 3 aromatic rings. The minimum absolute atomic E-state index is 0.417. The Morgan fingerprint density at radius 2 is 2.32 bits per heavy atom. The summed E-state index contributed by atoms with van der Waals surface area (Å²) < 4.78 is 12.7. The highest BCUT2D eigenvalue weighted by Gasteiger charge is 2.05. The van der Waals surface area contributed by atoms with Gasteiger partial charge in [-0.3, -0.25) is 4.40 Å². The van der Waals surface area contributed by atoms with Crippen LogP contribution in [0, 0.1) is 0 Å². The number of anilines is 1. The topological polar surface area (TPSA) is 61.8 Å². The van der Waals surface area contributed by atoms with Crippen molar-refractivity contribution in [3.05, 3.63) is 41.7 Å². The van der Waals surface area contributed by atoms with E-state index in [2.05, 4.69) is 4.98 Å². The molecule has 0 aliphatic carbocycles. The van der Waals surface area contributed by atoms with Gasteiger partial charge in [0.15, 0.2) is 4.96 Å². The molecule has 0 atom stereocenters. The van der Waals surface area contributed by atoms with Crippen LogP contribution in [0.5, 0.6) is 11.5 Å². The van der Waals surface area contributed by atoms with Crippen LogP contribution in [0.3, 0.4) is 0 Å². The van der Waals surface area contributed by atoms with Gasteiger partial charge in [-0.25, -0.2) is 4.98 Å². The summed E-state index contributed by atoms with van der Waals surface area (Å²) in [4.78, 5) is 5.41. The van der Waals surface area contributed by atoms with Crippen LogP contribution in [-0.4, -0.2) is 16.5 Å². The SMILES string of the molecule is COc1ccc(OCc2cn3ccsc3n2)cc1N. The average molecular weight is 275 g/mol. The molecule has 98 valence electrons. The van der Waals surface area contributed by atoms with E-state index in [0.717, 1.165) is 10.7 Å². The smallest absolute Gasteiger partial charge is 0.193 e. The van der Waals surface area contributed by atoms with Crippen molar-refractivity contribution in [2.24, 2.45) is 0 Å². The number of fused-ring (bicyclic) bond motifs is 1. The lowest BCUT2D eigenvalue weighted by atomic mass is 10.3. The minimum atomic E-state index is 0.417. The number of nitrogen functional groups attached to an aromatic ring is 1. The molecule has 0 radical (unpaired) electrons. The molecule has 5 nitrogen and oxygen atoms in total. The fourth-order valence-corrected chi connectivity index (χ4v) is 2.52. The van der Waals surface area contributed by atoms with Gasteiger partial charge in [0.2, 0.25) is 0 Å². The van der Waals surface area contributed by atoms with E-state index < -0.39 is 0 Å². The first-order chi connectivity index (χ1) is 9.26. The molecule has 0 aliphatic heterocycles. The van der Waals surface area contributed by atoms with E-state index in [-0.39, 0.29) is 0 Å². The third-order valence-electron chi connectivity index (χ3n) is 2.73. The first kappa shape index (κ1) is 11.9. The summed E-state index contributed by atoms with van der Waals surface area (Å²) in [6.45, 7) is 0.417. The van der Waals surface area contributed by atoms with Gasteiger partial charge >= 0.3 is 0 Å². The second kappa shape index (κ2) is 4.81. The molecule has 2 N–H and O–H groups in total. The molecule has 0 spiro atoms. The minimum Gasteiger partial charge on any atom is -0.495 e. The van der Waals surface area contributed by atoms with Crippen molar-refractivity contribution in [1.82, 2.24) is 9.38 Å². The van der Waals surface area contributed by atoms with Crippen molar-refractivity contribution in [3.8, 4) is 11.5 Å². The molecule has 1 aromatic carbocycles. The lowest BCUT2D eigenvalue weighted by Gasteiger charge is -2.08. The highest BCUT2D eigenvalue weighted by molar-refractivity contribution is 7.15. The molecule has 0 fully saturated rings. The van der Waals surface area contributed by atoms with Crippen molar-refractivity contribution in [3.63, 3.8) is 0 Å². The second-order valence-corrected chi connectivity index (χ2v) is 4.89. The average Bonchev–Trinajstić information content (AvgIpc) is 2.97. The zero-order chi connectivity index (χ0) is 13.2. The molecule has 2 heterocycles. The van der Waals surface area contributed by atoms with Crippen LogP contribution in [0.2, 0.25) is 0 Å². The van der Waals surface area contributed by atoms with E-state index in [4.69, 9.17) is 15.2 Å². The second-order valence-electron chi connectivity index (χ2n) is 4.02. The van der Waals surface area contributed by atoms with Crippen molar-refractivity contribution < 1.29 is 9.47 Å². The van der Waals surface area contributed by atoms with E-state index in [1.54, 1.807) is 30.6 Å². The van der Waals surface area contributed by atoms with Gasteiger partial charge in [-0.15, -0.1) is 11.3 Å². The largest absolute Gasteiger partial charge is 0.495 e. The number of thiazole rings is 1. The number of ether oxygens (including phenoxy) is 2. The number of imidazole rings is 1. The first-order valence-corrected chi connectivity index (χ1v) is 6.61. The number of nitrogens with zero attached hydrogens (tertiary/aromatic N) is 2. The molecular formula is C13H13N3O2S. The van der Waals surface area contributed by atoms with Gasteiger partial charge in [0.1, 0.15) is 18.1 Å². The fraction of sp³-hybridized carbons (Fsp3) is 0.154. The van der Waals surface area contributed by atoms with Gasteiger partial charge in [-0.1, -0.05) is 0 Å². The van der Waals surface area contributed by atoms with Gasteiger partial charge in [0, 0.05) is 23.8 Å². The molecule has 3 rings (SSSR count). The van der Waals surface area contributed by atoms with Crippen LogP contribution in [0.1, 0.15) is 5.69 Å². The number of methoxy groups -OCH3 is 1. The Morgan fingerprint density at radius 1 is 1.42 bits per heavy atom.